The average molecular weight is 543 g/mol. The summed E-state index contributed by atoms with van der Waals surface area (Å²) in [5.74, 6) is 0.909. The Balaban J connectivity index is 1.29. The van der Waals surface area contributed by atoms with E-state index in [4.69, 9.17) is 11.6 Å². The molecule has 2 N–H and O–H groups in total. The standard InChI is InChI=1S/C29H31ClN8O/c1-28(8-4-9-28)32-16-20-11-24-23(30)17-34-38(24)25(12-20)26(39)35-22-6-3-5-21(13-22)29(14-19(15-29)7-10-31)27-36-33-18-37(27)2/h3,5-6,11-13,17-19,32H,4,7-9,14-16H2,1-2H3,(H,35,39). The van der Waals surface area contributed by atoms with E-state index in [0.717, 1.165) is 42.6 Å². The smallest absolute Gasteiger partial charge is 0.274 e. The minimum atomic E-state index is -0.348. The van der Waals surface area contributed by atoms with Crippen molar-refractivity contribution >= 4 is 28.7 Å². The molecule has 1 aromatic carbocycles. The van der Waals surface area contributed by atoms with Crippen molar-refractivity contribution < 1.29 is 4.79 Å². The number of rotatable bonds is 8. The van der Waals surface area contributed by atoms with Gasteiger partial charge in [0.2, 0.25) is 0 Å². The number of aromatic nitrogens is 5. The minimum absolute atomic E-state index is 0.144. The van der Waals surface area contributed by atoms with Crippen molar-refractivity contribution in [3.8, 4) is 6.07 Å². The van der Waals surface area contributed by atoms with Crippen LogP contribution in [0.15, 0.2) is 48.9 Å². The van der Waals surface area contributed by atoms with Crippen molar-refractivity contribution in [3.63, 3.8) is 0 Å². The largest absolute Gasteiger partial charge is 0.321 e. The number of hydrogen-bond acceptors (Lipinski definition) is 6. The maximum absolute atomic E-state index is 13.6. The van der Waals surface area contributed by atoms with E-state index < -0.39 is 0 Å². The first-order valence-electron chi connectivity index (χ1n) is 13.3. The van der Waals surface area contributed by atoms with Crippen LogP contribution in [0.2, 0.25) is 5.02 Å². The molecule has 0 spiro atoms. The van der Waals surface area contributed by atoms with E-state index in [1.807, 2.05) is 41.9 Å². The molecule has 0 radical (unpaired) electrons. The molecule has 6 rings (SSSR count). The molecule has 2 aliphatic rings. The van der Waals surface area contributed by atoms with Crippen molar-refractivity contribution in [1.82, 2.24) is 29.7 Å². The van der Waals surface area contributed by atoms with Gasteiger partial charge in [-0.25, -0.2) is 4.52 Å². The fourth-order valence-corrected chi connectivity index (χ4v) is 6.31. The third-order valence-corrected chi connectivity index (χ3v) is 8.80. The van der Waals surface area contributed by atoms with Gasteiger partial charge < -0.3 is 15.2 Å². The van der Waals surface area contributed by atoms with Crippen LogP contribution < -0.4 is 10.6 Å². The average Bonchev–Trinajstić information content (AvgIpc) is 3.48. The van der Waals surface area contributed by atoms with Gasteiger partial charge in [0.1, 0.15) is 17.8 Å². The van der Waals surface area contributed by atoms with E-state index in [2.05, 4.69) is 45.0 Å². The number of halogens is 1. The Morgan fingerprint density at radius 2 is 2.08 bits per heavy atom. The summed E-state index contributed by atoms with van der Waals surface area (Å²) < 4.78 is 3.53. The summed E-state index contributed by atoms with van der Waals surface area (Å²) in [6, 6.07) is 14.1. The molecule has 3 heterocycles. The predicted octanol–water partition coefficient (Wildman–Crippen LogP) is 5.01. The van der Waals surface area contributed by atoms with E-state index in [0.29, 0.717) is 40.8 Å². The highest BCUT2D eigenvalue weighted by Gasteiger charge is 2.49. The Kier molecular flexibility index (Phi) is 6.40. The van der Waals surface area contributed by atoms with Crippen LogP contribution in [0.4, 0.5) is 5.69 Å². The molecule has 0 unspecified atom stereocenters. The number of anilines is 1. The molecular formula is C29H31ClN8O. The van der Waals surface area contributed by atoms with E-state index in [9.17, 15) is 10.1 Å². The monoisotopic (exact) mass is 542 g/mol. The number of nitrogens with zero attached hydrogens (tertiary/aromatic N) is 6. The lowest BCUT2D eigenvalue weighted by molar-refractivity contribution is 0.101. The number of pyridine rings is 1. The normalized spacial score (nSPS) is 21.6. The highest BCUT2D eigenvalue weighted by molar-refractivity contribution is 6.33. The van der Waals surface area contributed by atoms with Crippen LogP contribution in [0, 0.1) is 17.2 Å². The summed E-state index contributed by atoms with van der Waals surface area (Å²) in [7, 11) is 1.94. The van der Waals surface area contributed by atoms with Gasteiger partial charge in [0.25, 0.3) is 5.91 Å². The lowest BCUT2D eigenvalue weighted by atomic mass is 9.57. The molecule has 39 heavy (non-hydrogen) atoms. The van der Waals surface area contributed by atoms with Crippen LogP contribution >= 0.6 is 11.6 Å². The van der Waals surface area contributed by atoms with Gasteiger partial charge in [0, 0.05) is 31.2 Å². The first kappa shape index (κ1) is 25.5. The fraction of sp³-hybridized carbons (Fsp3) is 0.414. The summed E-state index contributed by atoms with van der Waals surface area (Å²) in [5.41, 5.74) is 3.62. The highest BCUT2D eigenvalue weighted by atomic mass is 35.5. The number of nitrogens with one attached hydrogen (secondary N) is 2. The second-order valence-corrected chi connectivity index (χ2v) is 11.7. The van der Waals surface area contributed by atoms with Gasteiger partial charge in [0.15, 0.2) is 0 Å². The predicted molar refractivity (Wildman–Crippen MR) is 148 cm³/mol. The van der Waals surface area contributed by atoms with Gasteiger partial charge in [-0.3, -0.25) is 4.79 Å². The quantitative estimate of drug-likeness (QED) is 0.323. The number of amides is 1. The summed E-state index contributed by atoms with van der Waals surface area (Å²) in [4.78, 5) is 13.6. The Morgan fingerprint density at radius 3 is 2.77 bits per heavy atom. The lowest BCUT2D eigenvalue weighted by Gasteiger charge is -2.46. The summed E-state index contributed by atoms with van der Waals surface area (Å²) in [5, 5.41) is 29.3. The molecule has 10 heteroatoms. The third kappa shape index (κ3) is 4.58. The highest BCUT2D eigenvalue weighted by Crippen LogP contribution is 2.53. The van der Waals surface area contributed by atoms with E-state index in [1.165, 1.54) is 6.42 Å². The van der Waals surface area contributed by atoms with E-state index >= 15 is 0 Å². The molecule has 3 aromatic heterocycles. The van der Waals surface area contributed by atoms with Gasteiger partial charge in [-0.1, -0.05) is 23.7 Å². The van der Waals surface area contributed by atoms with Gasteiger partial charge in [-0.2, -0.15) is 10.4 Å². The molecule has 2 fully saturated rings. The number of benzene rings is 1. The fourth-order valence-electron chi connectivity index (χ4n) is 6.13. The molecule has 0 atom stereocenters. The summed E-state index contributed by atoms with van der Waals surface area (Å²) in [6.45, 7) is 2.88. The zero-order chi connectivity index (χ0) is 27.2. The van der Waals surface area contributed by atoms with Gasteiger partial charge >= 0.3 is 0 Å². The molecule has 2 saturated carbocycles. The molecule has 1 amide bonds. The summed E-state index contributed by atoms with van der Waals surface area (Å²) in [6.07, 6.45) is 8.95. The lowest BCUT2D eigenvalue weighted by Crippen LogP contribution is -2.47. The SMILES string of the molecule is Cn1cnnc1C1(c2cccc(NC(=O)c3cc(CNC4(C)CCC4)cc4c(Cl)cnn34)c2)CC(CC#N)C1. The second-order valence-electron chi connectivity index (χ2n) is 11.3. The molecule has 200 valence electrons. The zero-order valence-corrected chi connectivity index (χ0v) is 22.9. The summed E-state index contributed by atoms with van der Waals surface area (Å²) >= 11 is 6.43. The van der Waals surface area contributed by atoms with Crippen molar-refractivity contribution in [1.29, 1.82) is 5.26 Å². The van der Waals surface area contributed by atoms with Crippen molar-refractivity contribution in [2.24, 2.45) is 13.0 Å². The molecule has 0 saturated heterocycles. The second kappa shape index (κ2) is 9.78. The van der Waals surface area contributed by atoms with Crippen molar-refractivity contribution in [2.45, 2.75) is 62.9 Å². The number of hydrogen-bond donors (Lipinski definition) is 2. The van der Waals surface area contributed by atoms with Gasteiger partial charge in [-0.15, -0.1) is 10.2 Å². The van der Waals surface area contributed by atoms with Crippen LogP contribution in [-0.2, 0) is 19.0 Å². The number of nitriles is 1. The molecule has 0 aliphatic heterocycles. The molecule has 4 aromatic rings. The van der Waals surface area contributed by atoms with Crippen LogP contribution in [-0.4, -0.2) is 35.8 Å². The number of aryl methyl sites for hydroxylation is 1. The van der Waals surface area contributed by atoms with Crippen molar-refractivity contribution in [2.75, 3.05) is 5.32 Å². The third-order valence-electron chi connectivity index (χ3n) is 8.51. The number of fused-ring (bicyclic) bond motifs is 1. The van der Waals surface area contributed by atoms with E-state index in [1.54, 1.807) is 17.0 Å². The Hall–Kier alpha value is -3.74. The zero-order valence-electron chi connectivity index (χ0n) is 22.1. The molecule has 0 bridgehead atoms. The Labute approximate surface area is 232 Å². The molecule has 9 nitrogen and oxygen atoms in total. The topological polar surface area (TPSA) is 113 Å². The Bertz CT molecular complexity index is 1590. The van der Waals surface area contributed by atoms with Gasteiger partial charge in [0.05, 0.1) is 28.2 Å². The van der Waals surface area contributed by atoms with Crippen LogP contribution in [0.1, 0.15) is 72.9 Å². The first-order valence-corrected chi connectivity index (χ1v) is 13.7. The number of carbonyl (C=O) groups excluding carboxylic acids is 1. The first-order chi connectivity index (χ1) is 18.8. The van der Waals surface area contributed by atoms with Gasteiger partial charge in [-0.05, 0) is 80.3 Å². The Morgan fingerprint density at radius 1 is 1.26 bits per heavy atom. The molecular weight excluding hydrogens is 512 g/mol. The minimum Gasteiger partial charge on any atom is -0.321 e. The number of carbonyl (C=O) groups is 1. The maximum atomic E-state index is 13.6. The van der Waals surface area contributed by atoms with Crippen molar-refractivity contribution in [3.05, 3.63) is 76.6 Å². The van der Waals surface area contributed by atoms with Crippen LogP contribution in [0.5, 0.6) is 0 Å². The van der Waals surface area contributed by atoms with E-state index in [-0.39, 0.29) is 16.9 Å². The van der Waals surface area contributed by atoms with Crippen LogP contribution in [0.25, 0.3) is 5.52 Å². The maximum Gasteiger partial charge on any atom is 0.274 e. The molecule has 2 aliphatic carbocycles. The van der Waals surface area contributed by atoms with Crippen LogP contribution in [0.3, 0.4) is 0 Å².